The molecular weight excluding hydrogens is 388 g/mol. The molecule has 3 rings (SSSR count). The van der Waals surface area contributed by atoms with Gasteiger partial charge >= 0.3 is 5.97 Å². The molecule has 1 saturated heterocycles. The predicted octanol–water partition coefficient (Wildman–Crippen LogP) is 2.01. The molecule has 8 heteroatoms. The number of morpholine rings is 1. The van der Waals surface area contributed by atoms with Gasteiger partial charge in [-0.3, -0.25) is 4.79 Å². The minimum absolute atomic E-state index is 0.0546. The van der Waals surface area contributed by atoms with Crippen LogP contribution in [0.3, 0.4) is 0 Å². The Hall–Kier alpha value is -2.94. The van der Waals surface area contributed by atoms with Crippen molar-refractivity contribution in [3.05, 3.63) is 70.4 Å². The zero-order valence-electron chi connectivity index (χ0n) is 17.0. The van der Waals surface area contributed by atoms with E-state index in [-0.39, 0.29) is 23.8 Å². The molecule has 1 fully saturated rings. The molecule has 8 nitrogen and oxygen atoms in total. The molecule has 0 aliphatic carbocycles. The number of likely N-dealkylation sites (N-methyl/N-ethyl adjacent to an activating group) is 1. The van der Waals surface area contributed by atoms with E-state index < -0.39 is 5.97 Å². The van der Waals surface area contributed by atoms with Crippen molar-refractivity contribution < 1.29 is 28.4 Å². The van der Waals surface area contributed by atoms with Crippen molar-refractivity contribution in [3.63, 3.8) is 0 Å². The number of hydrogen-bond acceptors (Lipinski definition) is 6. The summed E-state index contributed by atoms with van der Waals surface area (Å²) >= 11 is 0. The van der Waals surface area contributed by atoms with Gasteiger partial charge in [-0.2, -0.15) is 0 Å². The highest BCUT2D eigenvalue weighted by molar-refractivity contribution is 5.89. The van der Waals surface area contributed by atoms with Crippen LogP contribution in [0.15, 0.2) is 48.5 Å². The zero-order chi connectivity index (χ0) is 21.4. The van der Waals surface area contributed by atoms with Crippen molar-refractivity contribution in [1.82, 2.24) is 5.32 Å². The number of carbonyl (C=O) groups is 2. The maximum Gasteiger partial charge on any atom is 0.338 e. The molecule has 0 saturated carbocycles. The number of benzene rings is 2. The van der Waals surface area contributed by atoms with Gasteiger partial charge in [-0.15, -0.1) is 0 Å². The van der Waals surface area contributed by atoms with E-state index in [9.17, 15) is 14.8 Å². The normalized spacial score (nSPS) is 15.3. The third-order valence-corrected chi connectivity index (χ3v) is 4.89. The Bertz CT molecular complexity index is 845. The van der Waals surface area contributed by atoms with E-state index >= 15 is 0 Å². The Morgan fingerprint density at radius 3 is 2.30 bits per heavy atom. The average molecular weight is 414 g/mol. The van der Waals surface area contributed by atoms with E-state index in [1.807, 2.05) is 0 Å². The van der Waals surface area contributed by atoms with Crippen LogP contribution in [-0.4, -0.2) is 56.5 Å². The predicted molar refractivity (Wildman–Crippen MR) is 109 cm³/mol. The largest absolute Gasteiger partial charge is 0.632 e. The van der Waals surface area contributed by atoms with Gasteiger partial charge < -0.3 is 29.4 Å². The second kappa shape index (κ2) is 10.2. The fourth-order valence-electron chi connectivity index (χ4n) is 3.05. The molecular formula is C22H26N2O6. The van der Waals surface area contributed by atoms with E-state index in [1.165, 1.54) is 0 Å². The number of hydrogen-bond donors (Lipinski definition) is 1. The molecule has 0 bridgehead atoms. The van der Waals surface area contributed by atoms with Crippen LogP contribution in [0.4, 0.5) is 0 Å². The molecule has 1 aliphatic heterocycles. The van der Waals surface area contributed by atoms with Crippen LogP contribution in [0.25, 0.3) is 0 Å². The third kappa shape index (κ3) is 6.28. The van der Waals surface area contributed by atoms with Crippen LogP contribution in [0.1, 0.15) is 21.5 Å². The van der Waals surface area contributed by atoms with Gasteiger partial charge in [0.05, 0.1) is 18.8 Å². The fraction of sp³-hybridized carbons (Fsp3) is 0.364. The Balaban J connectivity index is 1.48. The molecule has 0 spiro atoms. The highest BCUT2D eigenvalue weighted by atomic mass is 16.6. The lowest BCUT2D eigenvalue weighted by molar-refractivity contribution is -0.901. The Labute approximate surface area is 175 Å². The first-order valence-electron chi connectivity index (χ1n) is 9.81. The van der Waals surface area contributed by atoms with Crippen LogP contribution < -0.4 is 10.1 Å². The van der Waals surface area contributed by atoms with Crippen LogP contribution in [-0.2, 0) is 27.4 Å². The lowest BCUT2D eigenvalue weighted by atomic mass is 10.1. The maximum atomic E-state index is 12.6. The van der Waals surface area contributed by atoms with Crippen molar-refractivity contribution in [2.24, 2.45) is 0 Å². The summed E-state index contributed by atoms with van der Waals surface area (Å²) in [6, 6.07) is 13.9. The highest BCUT2D eigenvalue weighted by Crippen LogP contribution is 2.17. The second-order valence-corrected chi connectivity index (χ2v) is 7.15. The van der Waals surface area contributed by atoms with Crippen molar-refractivity contribution in [1.29, 1.82) is 0 Å². The minimum atomic E-state index is -0.432. The number of amides is 1. The van der Waals surface area contributed by atoms with Crippen molar-refractivity contribution in [3.8, 4) is 5.75 Å². The number of hydroxylamine groups is 3. The van der Waals surface area contributed by atoms with Gasteiger partial charge in [0.2, 0.25) is 0 Å². The number of esters is 1. The van der Waals surface area contributed by atoms with Gasteiger partial charge in [0.25, 0.3) is 5.91 Å². The Morgan fingerprint density at radius 2 is 1.67 bits per heavy atom. The summed E-state index contributed by atoms with van der Waals surface area (Å²) in [5.41, 5.74) is 2.12. The summed E-state index contributed by atoms with van der Waals surface area (Å²) < 4.78 is 15.6. The molecule has 30 heavy (non-hydrogen) atoms. The summed E-state index contributed by atoms with van der Waals surface area (Å²) in [6.45, 7) is 2.29. The Kier molecular flexibility index (Phi) is 7.40. The standard InChI is InChI=1S/C22H26N2O6/c1-23-21(25)16-29-20-8-4-18(5-9-20)15-30-22(26)19-6-2-17(3-7-19)14-24(27)10-12-28-13-11-24/h2-9H,10-16H2,1H3,(H,23,25). The number of rotatable bonds is 8. The van der Waals surface area contributed by atoms with Crippen LogP contribution in [0.5, 0.6) is 5.75 Å². The van der Waals surface area contributed by atoms with E-state index in [0.29, 0.717) is 44.2 Å². The van der Waals surface area contributed by atoms with Crippen molar-refractivity contribution in [2.75, 3.05) is 40.0 Å². The zero-order valence-corrected chi connectivity index (χ0v) is 17.0. The molecule has 1 N–H and O–H groups in total. The first-order valence-corrected chi connectivity index (χ1v) is 9.81. The van der Waals surface area contributed by atoms with E-state index in [2.05, 4.69) is 5.32 Å². The SMILES string of the molecule is CNC(=O)COc1ccc(COC(=O)c2ccc(C[N+]3([O-])CCOCC3)cc2)cc1. The first kappa shape index (κ1) is 21.8. The maximum absolute atomic E-state index is 12.6. The van der Waals surface area contributed by atoms with E-state index in [1.54, 1.807) is 55.6 Å². The monoisotopic (exact) mass is 414 g/mol. The van der Waals surface area contributed by atoms with E-state index in [4.69, 9.17) is 14.2 Å². The molecule has 2 aromatic carbocycles. The third-order valence-electron chi connectivity index (χ3n) is 4.89. The van der Waals surface area contributed by atoms with Crippen LogP contribution >= 0.6 is 0 Å². The smallest absolute Gasteiger partial charge is 0.338 e. The first-order chi connectivity index (χ1) is 14.5. The number of ether oxygens (including phenoxy) is 3. The number of carbonyl (C=O) groups excluding carboxylic acids is 2. The summed E-state index contributed by atoms with van der Waals surface area (Å²) in [6.07, 6.45) is 0. The quantitative estimate of drug-likeness (QED) is 0.403. The molecule has 1 aliphatic rings. The second-order valence-electron chi connectivity index (χ2n) is 7.15. The van der Waals surface area contributed by atoms with Crippen LogP contribution in [0, 0.1) is 5.21 Å². The lowest BCUT2D eigenvalue weighted by Crippen LogP contribution is -2.49. The van der Waals surface area contributed by atoms with Gasteiger partial charge in [-0.25, -0.2) is 4.79 Å². The van der Waals surface area contributed by atoms with Crippen molar-refractivity contribution in [2.45, 2.75) is 13.2 Å². The van der Waals surface area contributed by atoms with Gasteiger partial charge in [0.15, 0.2) is 6.61 Å². The topological polar surface area (TPSA) is 96.9 Å². The number of nitrogens with one attached hydrogen (secondary N) is 1. The lowest BCUT2D eigenvalue weighted by Gasteiger charge is -2.45. The summed E-state index contributed by atoms with van der Waals surface area (Å²) in [7, 11) is 1.54. The Morgan fingerprint density at radius 1 is 1.03 bits per heavy atom. The summed E-state index contributed by atoms with van der Waals surface area (Å²) in [5.74, 6) is -0.0848. The number of nitrogens with zero attached hydrogens (tertiary/aromatic N) is 1. The van der Waals surface area contributed by atoms with Gasteiger partial charge in [-0.05, 0) is 29.8 Å². The minimum Gasteiger partial charge on any atom is -0.632 e. The molecule has 2 aromatic rings. The summed E-state index contributed by atoms with van der Waals surface area (Å²) in [4.78, 5) is 23.5. The molecule has 160 valence electrons. The van der Waals surface area contributed by atoms with Gasteiger partial charge in [0.1, 0.15) is 32.0 Å². The fourth-order valence-corrected chi connectivity index (χ4v) is 3.05. The summed E-state index contributed by atoms with van der Waals surface area (Å²) in [5, 5.41) is 15.1. The van der Waals surface area contributed by atoms with E-state index in [0.717, 1.165) is 11.1 Å². The molecule has 1 heterocycles. The molecule has 0 unspecified atom stereocenters. The highest BCUT2D eigenvalue weighted by Gasteiger charge is 2.21. The van der Waals surface area contributed by atoms with Crippen molar-refractivity contribution >= 4 is 11.9 Å². The molecule has 0 atom stereocenters. The van der Waals surface area contributed by atoms with Gasteiger partial charge in [0, 0.05) is 12.6 Å². The average Bonchev–Trinajstić information content (AvgIpc) is 2.77. The molecule has 0 radical (unpaired) electrons. The number of quaternary nitrogens is 1. The van der Waals surface area contributed by atoms with Crippen LogP contribution in [0.2, 0.25) is 0 Å². The molecule has 1 amide bonds. The molecule has 0 aromatic heterocycles. The van der Waals surface area contributed by atoms with Gasteiger partial charge in [-0.1, -0.05) is 24.3 Å².